The molecule has 0 amide bonds. The maximum absolute atomic E-state index is 10.6. The van der Waals surface area contributed by atoms with E-state index in [4.69, 9.17) is 4.74 Å². The molecule has 0 aliphatic rings. The van der Waals surface area contributed by atoms with E-state index >= 15 is 0 Å². The van der Waals surface area contributed by atoms with Crippen LogP contribution in [-0.2, 0) is 0 Å². The van der Waals surface area contributed by atoms with Gasteiger partial charge in [0.25, 0.3) is 0 Å². The summed E-state index contributed by atoms with van der Waals surface area (Å²) >= 11 is 0. The molecule has 102 valence electrons. The van der Waals surface area contributed by atoms with Crippen LogP contribution in [0.5, 0.6) is 5.75 Å². The zero-order chi connectivity index (χ0) is 13.8. The van der Waals surface area contributed by atoms with Gasteiger partial charge in [-0.05, 0) is 40.4 Å². The van der Waals surface area contributed by atoms with Crippen molar-refractivity contribution in [2.45, 2.75) is 38.8 Å². The predicted octanol–water partition coefficient (Wildman–Crippen LogP) is 2.24. The van der Waals surface area contributed by atoms with Crippen LogP contribution in [0, 0.1) is 0 Å². The van der Waals surface area contributed by atoms with E-state index in [0.29, 0.717) is 12.4 Å². The third kappa shape index (κ3) is 3.00. The Morgan fingerprint density at radius 1 is 1.39 bits per heavy atom. The zero-order valence-electron chi connectivity index (χ0n) is 12.0. The van der Waals surface area contributed by atoms with Crippen LogP contribution in [0.25, 0.3) is 0 Å². The molecule has 0 aliphatic heterocycles. The van der Waals surface area contributed by atoms with Crippen molar-refractivity contribution in [1.82, 2.24) is 9.88 Å². The smallest absolute Gasteiger partial charge is 0.137 e. The normalized spacial score (nSPS) is 16.4. The summed E-state index contributed by atoms with van der Waals surface area (Å²) in [6.45, 7) is 6.65. The fourth-order valence-electron chi connectivity index (χ4n) is 1.94. The van der Waals surface area contributed by atoms with Gasteiger partial charge in [0.1, 0.15) is 5.75 Å². The molecular formula is C14H24N2O2. The molecule has 2 atom stereocenters. The van der Waals surface area contributed by atoms with Crippen molar-refractivity contribution >= 4 is 0 Å². The maximum Gasteiger partial charge on any atom is 0.137 e. The number of pyridine rings is 1. The number of nitrogens with zero attached hydrogens (tertiary/aromatic N) is 2. The molecule has 0 saturated carbocycles. The van der Waals surface area contributed by atoms with Crippen molar-refractivity contribution in [2.24, 2.45) is 0 Å². The molecule has 0 aliphatic carbocycles. The van der Waals surface area contributed by atoms with Gasteiger partial charge < -0.3 is 14.7 Å². The van der Waals surface area contributed by atoms with Crippen LogP contribution < -0.4 is 4.74 Å². The van der Waals surface area contributed by atoms with Gasteiger partial charge in [-0.1, -0.05) is 6.92 Å². The summed E-state index contributed by atoms with van der Waals surface area (Å²) in [6, 6.07) is 1.86. The number of aliphatic hydroxyl groups is 1. The van der Waals surface area contributed by atoms with Gasteiger partial charge in [-0.25, -0.2) is 0 Å². The van der Waals surface area contributed by atoms with Crippen LogP contribution in [0.2, 0.25) is 0 Å². The molecule has 4 heteroatoms. The standard InChI is InChI=1S/C14H24N2O2/c1-6-14(3,16(4)5)13(17)11-8-12(18-7-2)10-15-9-11/h8-10,13,17H,6-7H2,1-5H3. The van der Waals surface area contributed by atoms with Gasteiger partial charge in [-0.15, -0.1) is 0 Å². The van der Waals surface area contributed by atoms with Gasteiger partial charge in [0.05, 0.1) is 18.9 Å². The van der Waals surface area contributed by atoms with Crippen molar-refractivity contribution in [3.63, 3.8) is 0 Å². The van der Waals surface area contributed by atoms with E-state index in [1.807, 2.05) is 38.9 Å². The summed E-state index contributed by atoms with van der Waals surface area (Å²) in [6.07, 6.45) is 3.62. The summed E-state index contributed by atoms with van der Waals surface area (Å²) in [5.41, 5.74) is 0.478. The largest absolute Gasteiger partial charge is 0.492 e. The Kier molecular flexibility index (Phi) is 5.11. The number of ether oxygens (including phenoxy) is 1. The Labute approximate surface area is 110 Å². The van der Waals surface area contributed by atoms with E-state index in [9.17, 15) is 5.11 Å². The minimum absolute atomic E-state index is 0.313. The molecule has 0 saturated heterocycles. The second kappa shape index (κ2) is 6.16. The highest BCUT2D eigenvalue weighted by Gasteiger charge is 2.34. The summed E-state index contributed by atoms with van der Waals surface area (Å²) in [4.78, 5) is 6.17. The van der Waals surface area contributed by atoms with Crippen LogP contribution in [0.4, 0.5) is 0 Å². The van der Waals surface area contributed by atoms with Crippen molar-refractivity contribution in [2.75, 3.05) is 20.7 Å². The average molecular weight is 252 g/mol. The molecule has 4 nitrogen and oxygen atoms in total. The molecule has 1 rings (SSSR count). The molecule has 2 unspecified atom stereocenters. The van der Waals surface area contributed by atoms with E-state index < -0.39 is 6.10 Å². The first-order valence-electron chi connectivity index (χ1n) is 6.39. The number of aliphatic hydroxyl groups excluding tert-OH is 1. The van der Waals surface area contributed by atoms with Gasteiger partial charge >= 0.3 is 0 Å². The monoisotopic (exact) mass is 252 g/mol. The topological polar surface area (TPSA) is 45.6 Å². The van der Waals surface area contributed by atoms with Crippen LogP contribution in [0.15, 0.2) is 18.5 Å². The van der Waals surface area contributed by atoms with Crippen LogP contribution >= 0.6 is 0 Å². The van der Waals surface area contributed by atoms with Crippen molar-refractivity contribution in [3.8, 4) is 5.75 Å². The van der Waals surface area contributed by atoms with E-state index in [1.165, 1.54) is 0 Å². The predicted molar refractivity (Wildman–Crippen MR) is 72.7 cm³/mol. The maximum atomic E-state index is 10.6. The SMILES string of the molecule is CCOc1cncc(C(O)C(C)(CC)N(C)C)c1. The molecular weight excluding hydrogens is 228 g/mol. The first-order valence-corrected chi connectivity index (χ1v) is 6.39. The first-order chi connectivity index (χ1) is 8.45. The Balaban J connectivity index is 3.01. The molecule has 1 heterocycles. The van der Waals surface area contributed by atoms with Crippen LogP contribution in [0.1, 0.15) is 38.9 Å². The van der Waals surface area contributed by atoms with E-state index in [-0.39, 0.29) is 5.54 Å². The molecule has 0 fully saturated rings. The number of hydrogen-bond acceptors (Lipinski definition) is 4. The quantitative estimate of drug-likeness (QED) is 0.843. The van der Waals surface area contributed by atoms with Crippen molar-refractivity contribution in [1.29, 1.82) is 0 Å². The molecule has 1 N–H and O–H groups in total. The molecule has 1 aromatic rings. The highest BCUT2D eigenvalue weighted by Crippen LogP contribution is 2.33. The first kappa shape index (κ1) is 14.9. The lowest BCUT2D eigenvalue weighted by Crippen LogP contribution is -2.46. The second-order valence-electron chi connectivity index (χ2n) is 4.89. The number of hydrogen-bond donors (Lipinski definition) is 1. The molecule has 1 aromatic heterocycles. The highest BCUT2D eigenvalue weighted by atomic mass is 16.5. The lowest BCUT2D eigenvalue weighted by atomic mass is 9.86. The molecule has 0 aromatic carbocycles. The Morgan fingerprint density at radius 2 is 2.06 bits per heavy atom. The van der Waals surface area contributed by atoms with Crippen molar-refractivity contribution in [3.05, 3.63) is 24.0 Å². The van der Waals surface area contributed by atoms with E-state index in [1.54, 1.807) is 12.4 Å². The second-order valence-corrected chi connectivity index (χ2v) is 4.89. The van der Waals surface area contributed by atoms with Gasteiger partial charge in [0.15, 0.2) is 0 Å². The lowest BCUT2D eigenvalue weighted by molar-refractivity contribution is 0.000540. The Bertz CT molecular complexity index is 382. The fraction of sp³-hybridized carbons (Fsp3) is 0.643. The number of aromatic nitrogens is 1. The highest BCUT2D eigenvalue weighted by molar-refractivity contribution is 5.27. The zero-order valence-corrected chi connectivity index (χ0v) is 12.0. The summed E-state index contributed by atoms with van der Waals surface area (Å²) in [5, 5.41) is 10.6. The number of likely N-dealkylation sites (N-methyl/N-ethyl adjacent to an activating group) is 1. The van der Waals surface area contributed by atoms with Gasteiger partial charge in [0.2, 0.25) is 0 Å². The van der Waals surface area contributed by atoms with Gasteiger partial charge in [-0.2, -0.15) is 0 Å². The van der Waals surface area contributed by atoms with E-state index in [0.717, 1.165) is 12.0 Å². The summed E-state index contributed by atoms with van der Waals surface area (Å²) in [7, 11) is 3.96. The molecule has 18 heavy (non-hydrogen) atoms. The lowest BCUT2D eigenvalue weighted by Gasteiger charge is -2.40. The third-order valence-corrected chi connectivity index (χ3v) is 3.69. The summed E-state index contributed by atoms with van der Waals surface area (Å²) in [5.74, 6) is 0.700. The molecule has 0 bridgehead atoms. The van der Waals surface area contributed by atoms with Gasteiger partial charge in [-0.3, -0.25) is 4.98 Å². The third-order valence-electron chi connectivity index (χ3n) is 3.69. The van der Waals surface area contributed by atoms with E-state index in [2.05, 4.69) is 11.9 Å². The minimum atomic E-state index is -0.592. The van der Waals surface area contributed by atoms with Crippen molar-refractivity contribution < 1.29 is 9.84 Å². The van der Waals surface area contributed by atoms with Crippen LogP contribution in [0.3, 0.4) is 0 Å². The van der Waals surface area contributed by atoms with Gasteiger partial charge in [0, 0.05) is 17.3 Å². The minimum Gasteiger partial charge on any atom is -0.492 e. The Morgan fingerprint density at radius 3 is 2.56 bits per heavy atom. The molecule has 0 spiro atoms. The Hall–Kier alpha value is -1.13. The number of rotatable bonds is 6. The molecule has 0 radical (unpaired) electrons. The summed E-state index contributed by atoms with van der Waals surface area (Å²) < 4.78 is 5.42. The van der Waals surface area contributed by atoms with Crippen LogP contribution in [-0.4, -0.2) is 41.2 Å². The fourth-order valence-corrected chi connectivity index (χ4v) is 1.94. The average Bonchev–Trinajstić information content (AvgIpc) is 2.37.